The van der Waals surface area contributed by atoms with Gasteiger partial charge in [0, 0.05) is 25.7 Å². The molecule has 0 saturated carbocycles. The fourth-order valence-corrected chi connectivity index (χ4v) is 13.9. The van der Waals surface area contributed by atoms with E-state index in [2.05, 4.69) is 48.5 Å². The highest BCUT2D eigenvalue weighted by Crippen LogP contribution is 2.45. The molecule has 0 aliphatic rings. The molecule has 17 nitrogen and oxygen atoms in total. The lowest BCUT2D eigenvalue weighted by Gasteiger charge is -2.21. The molecule has 0 aromatic carbocycles. The first-order chi connectivity index (χ1) is 47.7. The van der Waals surface area contributed by atoms with Crippen LogP contribution < -0.4 is 0 Å². The number of carbonyl (C=O) groups excluding carboxylic acids is 4. The lowest BCUT2D eigenvalue weighted by atomic mass is 10.0. The van der Waals surface area contributed by atoms with Crippen LogP contribution in [0.1, 0.15) is 414 Å². The molecule has 0 rings (SSSR count). The molecule has 0 saturated heterocycles. The van der Waals surface area contributed by atoms with Gasteiger partial charge in [-0.2, -0.15) is 0 Å². The van der Waals surface area contributed by atoms with Crippen LogP contribution in [0.25, 0.3) is 0 Å². The van der Waals surface area contributed by atoms with E-state index in [0.717, 1.165) is 108 Å². The van der Waals surface area contributed by atoms with Crippen molar-refractivity contribution < 1.29 is 80.2 Å². The average Bonchev–Trinajstić information content (AvgIpc) is 1.33. The van der Waals surface area contributed by atoms with Gasteiger partial charge in [0.1, 0.15) is 19.3 Å². The molecule has 5 atom stereocenters. The highest BCUT2D eigenvalue weighted by Gasteiger charge is 2.30. The number of phosphoric acid groups is 2. The van der Waals surface area contributed by atoms with Crippen molar-refractivity contribution in [3.05, 3.63) is 0 Å². The molecule has 19 heteroatoms. The van der Waals surface area contributed by atoms with Crippen molar-refractivity contribution in [2.75, 3.05) is 39.6 Å². The van der Waals surface area contributed by atoms with E-state index in [9.17, 15) is 43.2 Å². The lowest BCUT2D eigenvalue weighted by Crippen LogP contribution is -2.30. The summed E-state index contributed by atoms with van der Waals surface area (Å²) in [6.45, 7) is 11.9. The van der Waals surface area contributed by atoms with Crippen molar-refractivity contribution in [1.29, 1.82) is 0 Å². The Balaban J connectivity index is 5.14. The summed E-state index contributed by atoms with van der Waals surface area (Å²) in [5.41, 5.74) is 0. The summed E-state index contributed by atoms with van der Waals surface area (Å²) in [5.74, 6) is 0.192. The van der Waals surface area contributed by atoms with Gasteiger partial charge in [0.25, 0.3) is 0 Å². The van der Waals surface area contributed by atoms with Crippen LogP contribution in [0.15, 0.2) is 0 Å². The van der Waals surface area contributed by atoms with Crippen molar-refractivity contribution >= 4 is 39.5 Å². The van der Waals surface area contributed by atoms with Crippen LogP contribution in [0.4, 0.5) is 0 Å². The van der Waals surface area contributed by atoms with Gasteiger partial charge in [-0.3, -0.25) is 37.3 Å². The number of ether oxygens (including phenoxy) is 4. The molecule has 2 unspecified atom stereocenters. The first-order valence-corrected chi connectivity index (χ1v) is 44.3. The van der Waals surface area contributed by atoms with Crippen molar-refractivity contribution in [3.8, 4) is 0 Å². The second-order valence-corrected chi connectivity index (χ2v) is 33.1. The maximum Gasteiger partial charge on any atom is 0.472 e. The van der Waals surface area contributed by atoms with E-state index in [-0.39, 0.29) is 25.7 Å². The molecule has 0 aromatic rings. The van der Waals surface area contributed by atoms with E-state index < -0.39 is 97.5 Å². The van der Waals surface area contributed by atoms with Crippen LogP contribution in [0.5, 0.6) is 0 Å². The third kappa shape index (κ3) is 74.1. The van der Waals surface area contributed by atoms with E-state index in [1.165, 1.54) is 218 Å². The van der Waals surface area contributed by atoms with Crippen LogP contribution in [0, 0.1) is 17.8 Å². The number of phosphoric ester groups is 2. The number of esters is 4. The van der Waals surface area contributed by atoms with Gasteiger partial charge in [-0.15, -0.1) is 0 Å². The van der Waals surface area contributed by atoms with Gasteiger partial charge in [-0.05, 0) is 43.4 Å². The smallest absolute Gasteiger partial charge is 0.462 e. The molecule has 0 heterocycles. The Morgan fingerprint density at radius 1 is 0.273 bits per heavy atom. The van der Waals surface area contributed by atoms with Crippen molar-refractivity contribution in [2.24, 2.45) is 17.8 Å². The number of aliphatic hydroxyl groups excluding tert-OH is 1. The van der Waals surface area contributed by atoms with Crippen molar-refractivity contribution in [1.82, 2.24) is 0 Å². The molecule has 99 heavy (non-hydrogen) atoms. The molecule has 588 valence electrons. The Bertz CT molecular complexity index is 1920. The summed E-state index contributed by atoms with van der Waals surface area (Å²) in [6, 6.07) is 0. The fraction of sp³-hybridized carbons (Fsp3) is 0.950. The van der Waals surface area contributed by atoms with Crippen molar-refractivity contribution in [2.45, 2.75) is 433 Å². The first kappa shape index (κ1) is 97.1. The van der Waals surface area contributed by atoms with E-state index in [1.54, 1.807) is 0 Å². The van der Waals surface area contributed by atoms with Crippen LogP contribution in [-0.4, -0.2) is 96.7 Å². The average molecular weight is 1450 g/mol. The second kappa shape index (κ2) is 70.4. The largest absolute Gasteiger partial charge is 0.472 e. The molecular weight excluding hydrogens is 1290 g/mol. The molecule has 0 radical (unpaired) electrons. The number of unbranched alkanes of at least 4 members (excludes halogenated alkanes) is 46. The third-order valence-corrected chi connectivity index (χ3v) is 20.5. The number of hydrogen-bond acceptors (Lipinski definition) is 15. The van der Waals surface area contributed by atoms with Gasteiger partial charge >= 0.3 is 39.5 Å². The predicted octanol–water partition coefficient (Wildman–Crippen LogP) is 23.7. The Kier molecular flexibility index (Phi) is 69.0. The number of aliphatic hydroxyl groups is 1. The van der Waals surface area contributed by atoms with Gasteiger partial charge < -0.3 is 33.8 Å². The Hall–Kier alpha value is -1.94. The SMILES string of the molecule is CCCCCCCCCCC(=O)OC[C@H](COP(=O)(O)OC[C@H](O)COP(=O)(O)OC[C@@H](COC(=O)CCCCCCCCCCCCCCCCCCCCC(C)C)OC(=O)CCCCCCCCCCCCCCCCCCCCC(C)C)OC(=O)CCCCCCCCC(C)C. The summed E-state index contributed by atoms with van der Waals surface area (Å²) in [6.07, 6.45) is 58.8. The minimum atomic E-state index is -4.96. The first-order valence-electron chi connectivity index (χ1n) is 41.3. The Labute approximate surface area is 607 Å². The lowest BCUT2D eigenvalue weighted by molar-refractivity contribution is -0.161. The predicted molar refractivity (Wildman–Crippen MR) is 405 cm³/mol. The monoisotopic (exact) mass is 1450 g/mol. The van der Waals surface area contributed by atoms with Crippen LogP contribution >= 0.6 is 15.6 Å². The molecule has 0 bridgehead atoms. The maximum atomic E-state index is 13.1. The van der Waals surface area contributed by atoms with Gasteiger partial charge in [0.05, 0.1) is 26.4 Å². The zero-order chi connectivity index (χ0) is 73.0. The van der Waals surface area contributed by atoms with Gasteiger partial charge in [0.15, 0.2) is 12.2 Å². The molecule has 0 fully saturated rings. The zero-order valence-electron chi connectivity index (χ0n) is 65.0. The molecule has 0 aliphatic heterocycles. The maximum absolute atomic E-state index is 13.1. The molecule has 0 amide bonds. The number of rotatable bonds is 78. The van der Waals surface area contributed by atoms with E-state index in [1.807, 2.05) is 0 Å². The minimum absolute atomic E-state index is 0.102. The minimum Gasteiger partial charge on any atom is -0.462 e. The summed E-state index contributed by atoms with van der Waals surface area (Å²) in [5, 5.41) is 10.6. The van der Waals surface area contributed by atoms with E-state index in [4.69, 9.17) is 37.0 Å². The Morgan fingerprint density at radius 2 is 0.465 bits per heavy atom. The molecule has 3 N–H and O–H groups in total. The topological polar surface area (TPSA) is 237 Å². The molecular formula is C80H156O17P2. The summed E-state index contributed by atoms with van der Waals surface area (Å²) >= 11 is 0. The van der Waals surface area contributed by atoms with E-state index in [0.29, 0.717) is 31.6 Å². The van der Waals surface area contributed by atoms with Crippen LogP contribution in [0.2, 0.25) is 0 Å². The van der Waals surface area contributed by atoms with Crippen LogP contribution in [0.3, 0.4) is 0 Å². The Morgan fingerprint density at radius 3 is 0.687 bits per heavy atom. The molecule has 0 aromatic heterocycles. The number of carbonyl (C=O) groups is 4. The zero-order valence-corrected chi connectivity index (χ0v) is 66.8. The highest BCUT2D eigenvalue weighted by molar-refractivity contribution is 7.47. The normalized spacial score (nSPS) is 14.0. The van der Waals surface area contributed by atoms with Gasteiger partial charge in [-0.1, -0.05) is 363 Å². The summed E-state index contributed by atoms with van der Waals surface area (Å²) in [4.78, 5) is 72.7. The van der Waals surface area contributed by atoms with E-state index >= 15 is 0 Å². The standard InChI is InChI=1S/C80H156O17P2/c1-8-9-10-11-12-39-47-54-61-77(82)90-68-76(97-80(85)64-57-50-43-42-46-53-60-73(6)7)70-95-99(88,89)93-66-74(81)65-92-98(86,87)94-69-75(96-79(84)63-56-49-41-36-32-28-24-20-16-14-18-22-26-30-34-38-45-52-59-72(4)5)67-91-78(83)62-55-48-40-35-31-27-23-19-15-13-17-21-25-29-33-37-44-51-58-71(2)3/h71-76,81H,8-70H2,1-7H3,(H,86,87)(H,88,89)/t74-,75-,76-/m1/s1. The summed E-state index contributed by atoms with van der Waals surface area (Å²) in [7, 11) is -9.91. The third-order valence-electron chi connectivity index (χ3n) is 18.6. The summed E-state index contributed by atoms with van der Waals surface area (Å²) < 4.78 is 68.5. The highest BCUT2D eigenvalue weighted by atomic mass is 31.2. The molecule has 0 spiro atoms. The second-order valence-electron chi connectivity index (χ2n) is 30.2. The fourth-order valence-electron chi connectivity index (χ4n) is 12.3. The quantitative estimate of drug-likeness (QED) is 0.0222. The van der Waals surface area contributed by atoms with Crippen molar-refractivity contribution in [3.63, 3.8) is 0 Å². The van der Waals surface area contributed by atoms with Gasteiger partial charge in [0.2, 0.25) is 0 Å². The molecule has 0 aliphatic carbocycles. The number of hydrogen-bond donors (Lipinski definition) is 3. The van der Waals surface area contributed by atoms with Gasteiger partial charge in [-0.25, -0.2) is 9.13 Å². The van der Waals surface area contributed by atoms with Crippen LogP contribution in [-0.2, 0) is 65.4 Å².